The molecule has 11 heteroatoms. The molecule has 2 aromatic carbocycles. The minimum absolute atomic E-state index is 0.131. The monoisotopic (exact) mass is 525 g/mol. The first-order chi connectivity index (χ1) is 16.9. The molecule has 36 heavy (non-hydrogen) atoms. The quantitative estimate of drug-likeness (QED) is 0.458. The van der Waals surface area contributed by atoms with Crippen LogP contribution in [0, 0.1) is 11.7 Å². The Morgan fingerprint density at radius 3 is 2.56 bits per heavy atom. The van der Waals surface area contributed by atoms with Crippen molar-refractivity contribution < 1.29 is 30.2 Å². The topological polar surface area (TPSA) is 87.2 Å². The first-order valence-corrected chi connectivity index (χ1v) is 13.5. The second kappa shape index (κ2) is 8.81. The van der Waals surface area contributed by atoms with Gasteiger partial charge in [0.25, 0.3) is 0 Å². The largest absolute Gasteiger partial charge is 0.418 e. The summed E-state index contributed by atoms with van der Waals surface area (Å²) in [5, 5.41) is 10.6. The maximum absolute atomic E-state index is 14.1. The van der Waals surface area contributed by atoms with Crippen LogP contribution in [0.15, 0.2) is 36.4 Å². The average molecular weight is 526 g/mol. The zero-order valence-electron chi connectivity index (χ0n) is 19.7. The number of hydrogen-bond donors (Lipinski definition) is 1. The van der Waals surface area contributed by atoms with E-state index < -0.39 is 40.8 Å². The number of alkyl halides is 3. The molecule has 2 aliphatic carbocycles. The lowest BCUT2D eigenvalue weighted by molar-refractivity contribution is -0.263. The van der Waals surface area contributed by atoms with Crippen LogP contribution in [0.5, 0.6) is 0 Å². The van der Waals surface area contributed by atoms with Crippen molar-refractivity contribution in [1.29, 1.82) is 0 Å². The number of aryl methyl sites for hydroxylation is 2. The number of benzene rings is 2. The van der Waals surface area contributed by atoms with E-state index in [9.17, 15) is 26.0 Å². The zero-order valence-corrected chi connectivity index (χ0v) is 20.5. The Balaban J connectivity index is 1.58. The van der Waals surface area contributed by atoms with Gasteiger partial charge in [0.2, 0.25) is 0 Å². The van der Waals surface area contributed by atoms with Crippen LogP contribution in [0.25, 0.3) is 16.6 Å². The molecule has 5 rings (SSSR count). The highest BCUT2D eigenvalue weighted by molar-refractivity contribution is 7.84. The van der Waals surface area contributed by atoms with Crippen molar-refractivity contribution in [2.45, 2.75) is 69.6 Å². The van der Waals surface area contributed by atoms with Gasteiger partial charge in [-0.3, -0.25) is 0 Å². The Labute approximate surface area is 206 Å². The lowest BCUT2D eigenvalue weighted by Gasteiger charge is -2.44. The van der Waals surface area contributed by atoms with E-state index in [1.54, 1.807) is 16.8 Å². The van der Waals surface area contributed by atoms with Crippen LogP contribution in [-0.2, 0) is 27.3 Å². The van der Waals surface area contributed by atoms with Crippen LogP contribution < -0.4 is 5.14 Å². The summed E-state index contributed by atoms with van der Waals surface area (Å²) in [6, 6.07) is 10.2. The molecular weight excluding hydrogens is 498 g/mol. The lowest BCUT2D eigenvalue weighted by Crippen LogP contribution is -2.54. The maximum Gasteiger partial charge on any atom is 0.418 e. The molecule has 2 N–H and O–H groups in total. The number of nitrogens with zero attached hydrogens (tertiary/aromatic N) is 2. The predicted octanol–water partition coefficient (Wildman–Crippen LogP) is 5.47. The molecule has 1 saturated carbocycles. The fourth-order valence-electron chi connectivity index (χ4n) is 6.05. The van der Waals surface area contributed by atoms with Crippen LogP contribution in [-0.4, -0.2) is 30.0 Å². The van der Waals surface area contributed by atoms with Gasteiger partial charge in [0, 0.05) is 5.39 Å². The summed E-state index contributed by atoms with van der Waals surface area (Å²) >= 11 is 0. The van der Waals surface area contributed by atoms with Crippen molar-refractivity contribution in [3.05, 3.63) is 59.0 Å². The van der Waals surface area contributed by atoms with E-state index in [4.69, 9.17) is 10.2 Å². The van der Waals surface area contributed by atoms with Gasteiger partial charge in [-0.2, -0.15) is 26.7 Å². The van der Waals surface area contributed by atoms with Crippen molar-refractivity contribution in [3.8, 4) is 5.69 Å². The summed E-state index contributed by atoms with van der Waals surface area (Å²) in [5.74, 6) is -0.909. The van der Waals surface area contributed by atoms with E-state index in [-0.39, 0.29) is 18.2 Å². The van der Waals surface area contributed by atoms with Gasteiger partial charge in [-0.25, -0.2) is 18.4 Å². The van der Waals surface area contributed by atoms with E-state index in [0.717, 1.165) is 33.4 Å². The first kappa shape index (κ1) is 25.2. The van der Waals surface area contributed by atoms with Gasteiger partial charge >= 0.3 is 16.5 Å². The summed E-state index contributed by atoms with van der Waals surface area (Å²) in [5.41, 5.74) is 1.67. The van der Waals surface area contributed by atoms with Gasteiger partial charge in [-0.15, -0.1) is 0 Å². The molecule has 0 saturated heterocycles. The van der Waals surface area contributed by atoms with Gasteiger partial charge in [0.05, 0.1) is 16.9 Å². The van der Waals surface area contributed by atoms with Crippen molar-refractivity contribution in [1.82, 2.24) is 9.78 Å². The normalized spacial score (nSPS) is 24.8. The summed E-state index contributed by atoms with van der Waals surface area (Å²) in [7, 11) is -4.79. The summed E-state index contributed by atoms with van der Waals surface area (Å²) in [6.07, 6.45) is -3.16. The molecule has 0 radical (unpaired) electrons. The van der Waals surface area contributed by atoms with Gasteiger partial charge in [0.15, 0.2) is 5.60 Å². The fourth-order valence-corrected chi connectivity index (χ4v) is 6.74. The molecule has 1 fully saturated rings. The van der Waals surface area contributed by atoms with Crippen LogP contribution in [0.2, 0.25) is 0 Å². The molecule has 2 aliphatic rings. The maximum atomic E-state index is 14.1. The van der Waals surface area contributed by atoms with Gasteiger partial charge in [-0.1, -0.05) is 6.92 Å². The molecule has 3 atom stereocenters. The van der Waals surface area contributed by atoms with E-state index in [2.05, 4.69) is 10.2 Å². The molecule has 3 aromatic rings. The van der Waals surface area contributed by atoms with Crippen LogP contribution >= 0.6 is 0 Å². The molecule has 0 spiro atoms. The van der Waals surface area contributed by atoms with Crippen LogP contribution in [0.4, 0.5) is 17.6 Å². The summed E-state index contributed by atoms with van der Waals surface area (Å²) in [4.78, 5) is 0. The zero-order chi connectivity index (χ0) is 25.9. The molecule has 0 amide bonds. The summed E-state index contributed by atoms with van der Waals surface area (Å²) < 4.78 is 85.2. The van der Waals surface area contributed by atoms with Crippen molar-refractivity contribution in [3.63, 3.8) is 0 Å². The van der Waals surface area contributed by atoms with E-state index >= 15 is 0 Å². The van der Waals surface area contributed by atoms with E-state index in [1.165, 1.54) is 12.1 Å². The second-order valence-electron chi connectivity index (χ2n) is 9.83. The fraction of sp³-hybridized carbons (Fsp3) is 0.480. The van der Waals surface area contributed by atoms with Crippen LogP contribution in [0.1, 0.15) is 61.8 Å². The van der Waals surface area contributed by atoms with E-state index in [0.29, 0.717) is 25.7 Å². The average Bonchev–Trinajstić information content (AvgIpc) is 3.05. The van der Waals surface area contributed by atoms with Crippen LogP contribution in [0.3, 0.4) is 0 Å². The number of fused-ring (bicyclic) bond motifs is 4. The highest BCUT2D eigenvalue weighted by Gasteiger charge is 2.61. The highest BCUT2D eigenvalue weighted by Crippen LogP contribution is 2.54. The Morgan fingerprint density at radius 2 is 1.92 bits per heavy atom. The third-order valence-corrected chi connectivity index (χ3v) is 8.21. The predicted molar refractivity (Wildman–Crippen MR) is 126 cm³/mol. The molecule has 0 aliphatic heterocycles. The number of nitrogens with two attached hydrogens (primary N) is 1. The highest BCUT2D eigenvalue weighted by atomic mass is 32.2. The Kier molecular flexibility index (Phi) is 6.16. The van der Waals surface area contributed by atoms with Gasteiger partial charge in [0.1, 0.15) is 5.82 Å². The molecule has 3 unspecified atom stereocenters. The van der Waals surface area contributed by atoms with Crippen molar-refractivity contribution in [2.75, 3.05) is 0 Å². The van der Waals surface area contributed by atoms with Gasteiger partial charge in [-0.05, 0) is 104 Å². The lowest BCUT2D eigenvalue weighted by atomic mass is 9.68. The third-order valence-electron chi connectivity index (χ3n) is 7.66. The molecule has 194 valence electrons. The number of rotatable bonds is 4. The molecule has 1 heterocycles. The van der Waals surface area contributed by atoms with Crippen molar-refractivity contribution >= 4 is 21.2 Å². The first-order valence-electron chi connectivity index (χ1n) is 12.0. The SMILES string of the molecule is CCc1nn(-c2ccc(F)cc2)c2cc3c(cc12)C1CCC(OS(N)(=O)=O)(C(F)(F)F)CC1CCC3. The molecule has 0 bridgehead atoms. The summed E-state index contributed by atoms with van der Waals surface area (Å²) in [6.45, 7) is 1.98. The minimum Gasteiger partial charge on any atom is -0.242 e. The van der Waals surface area contributed by atoms with E-state index in [1.807, 2.05) is 13.0 Å². The third kappa shape index (κ3) is 4.41. The standard InChI is InChI=1S/C25H27F4N3O3S/c1-2-22-21-13-20-15(12-23(21)32(31-22)18-8-6-17(26)7-9-18)4-3-5-16-14-24(25(27,28)29,11-10-19(16)20)35-36(30,33)34/h6-9,12-13,16,19H,2-5,10-11,14H2,1H3,(H2,30,33,34). The Hall–Kier alpha value is -2.50. The molecule has 1 aromatic heterocycles. The molecule has 6 nitrogen and oxygen atoms in total. The number of hydrogen-bond acceptors (Lipinski definition) is 4. The smallest absolute Gasteiger partial charge is 0.242 e. The Morgan fingerprint density at radius 1 is 1.19 bits per heavy atom. The number of aromatic nitrogens is 2. The van der Waals surface area contributed by atoms with Crippen molar-refractivity contribution in [2.24, 2.45) is 11.1 Å². The molecular formula is C25H27F4N3O3S. The Bertz CT molecular complexity index is 1400. The number of halogens is 4. The minimum atomic E-state index is -4.87. The van der Waals surface area contributed by atoms with Gasteiger partial charge < -0.3 is 0 Å². The second-order valence-corrected chi connectivity index (χ2v) is 11.0.